The SMILES string of the molecule is CC1c2nncn2CCN1C(=O)c1cccc(C(=O)N2CCn3cnnc3C2C)c1. The Morgan fingerprint density at radius 2 is 1.27 bits per heavy atom. The van der Waals surface area contributed by atoms with Crippen molar-refractivity contribution in [2.45, 2.75) is 39.0 Å². The highest BCUT2D eigenvalue weighted by Crippen LogP contribution is 2.27. The molecular weight excluding hydrogens is 384 g/mol. The molecule has 0 bridgehead atoms. The molecule has 0 N–H and O–H groups in total. The summed E-state index contributed by atoms with van der Waals surface area (Å²) in [6.07, 6.45) is 3.38. The smallest absolute Gasteiger partial charge is 0.254 e. The molecule has 2 atom stereocenters. The van der Waals surface area contributed by atoms with Crippen molar-refractivity contribution in [2.75, 3.05) is 13.1 Å². The van der Waals surface area contributed by atoms with Crippen molar-refractivity contribution in [3.8, 4) is 0 Å². The summed E-state index contributed by atoms with van der Waals surface area (Å²) < 4.78 is 3.93. The van der Waals surface area contributed by atoms with Gasteiger partial charge in [0.25, 0.3) is 11.8 Å². The van der Waals surface area contributed by atoms with Crippen molar-refractivity contribution < 1.29 is 9.59 Å². The van der Waals surface area contributed by atoms with Crippen LogP contribution in [0.1, 0.15) is 58.3 Å². The van der Waals surface area contributed by atoms with Crippen molar-refractivity contribution in [1.82, 2.24) is 39.3 Å². The van der Waals surface area contributed by atoms with Gasteiger partial charge in [-0.3, -0.25) is 9.59 Å². The van der Waals surface area contributed by atoms with E-state index in [-0.39, 0.29) is 23.9 Å². The molecule has 154 valence electrons. The van der Waals surface area contributed by atoms with Gasteiger partial charge in [0.1, 0.15) is 12.7 Å². The van der Waals surface area contributed by atoms with Gasteiger partial charge in [0.2, 0.25) is 0 Å². The number of benzene rings is 1. The van der Waals surface area contributed by atoms with E-state index in [4.69, 9.17) is 0 Å². The summed E-state index contributed by atoms with van der Waals surface area (Å²) in [5, 5.41) is 16.2. The molecule has 3 aromatic rings. The summed E-state index contributed by atoms with van der Waals surface area (Å²) in [6, 6.07) is 6.59. The van der Waals surface area contributed by atoms with Crippen LogP contribution < -0.4 is 0 Å². The predicted molar refractivity (Wildman–Crippen MR) is 105 cm³/mol. The highest BCUT2D eigenvalue weighted by Gasteiger charge is 2.32. The van der Waals surface area contributed by atoms with Crippen molar-refractivity contribution in [3.05, 3.63) is 59.7 Å². The van der Waals surface area contributed by atoms with Gasteiger partial charge < -0.3 is 18.9 Å². The van der Waals surface area contributed by atoms with Gasteiger partial charge in [-0.1, -0.05) is 6.07 Å². The largest absolute Gasteiger partial charge is 0.327 e. The Hall–Kier alpha value is -3.56. The van der Waals surface area contributed by atoms with Crippen LogP contribution in [0.25, 0.3) is 0 Å². The number of amides is 2. The molecule has 10 heteroatoms. The Kier molecular flexibility index (Phi) is 4.34. The molecule has 5 rings (SSSR count). The molecule has 0 radical (unpaired) electrons. The molecule has 2 aliphatic heterocycles. The number of nitrogens with zero attached hydrogens (tertiary/aromatic N) is 8. The zero-order chi connectivity index (χ0) is 20.8. The molecule has 2 aromatic heterocycles. The van der Waals surface area contributed by atoms with Crippen molar-refractivity contribution in [3.63, 3.8) is 0 Å². The Bertz CT molecular complexity index is 1040. The van der Waals surface area contributed by atoms with Gasteiger partial charge in [0, 0.05) is 37.3 Å². The maximum Gasteiger partial charge on any atom is 0.254 e. The Morgan fingerprint density at radius 1 is 0.800 bits per heavy atom. The van der Waals surface area contributed by atoms with Gasteiger partial charge in [0.15, 0.2) is 11.6 Å². The van der Waals surface area contributed by atoms with Crippen LogP contribution in [0.5, 0.6) is 0 Å². The zero-order valence-corrected chi connectivity index (χ0v) is 16.8. The predicted octanol–water partition coefficient (Wildman–Crippen LogP) is 1.30. The van der Waals surface area contributed by atoms with Crippen LogP contribution in [0.2, 0.25) is 0 Å². The quantitative estimate of drug-likeness (QED) is 0.636. The second kappa shape index (κ2) is 7.05. The Labute approximate surface area is 173 Å². The lowest BCUT2D eigenvalue weighted by molar-refractivity contribution is 0.0635. The molecule has 4 heterocycles. The lowest BCUT2D eigenvalue weighted by Crippen LogP contribution is -2.42. The van der Waals surface area contributed by atoms with E-state index in [0.29, 0.717) is 37.3 Å². The number of hydrogen-bond acceptors (Lipinski definition) is 6. The summed E-state index contributed by atoms with van der Waals surface area (Å²) in [7, 11) is 0. The molecule has 0 spiro atoms. The van der Waals surface area contributed by atoms with Crippen molar-refractivity contribution in [2.24, 2.45) is 0 Å². The maximum absolute atomic E-state index is 13.2. The topological polar surface area (TPSA) is 102 Å². The molecule has 2 aliphatic rings. The van der Waals surface area contributed by atoms with Gasteiger partial charge in [-0.25, -0.2) is 0 Å². The average Bonchev–Trinajstić information content (AvgIpc) is 3.44. The van der Waals surface area contributed by atoms with Crippen molar-refractivity contribution >= 4 is 11.8 Å². The third kappa shape index (κ3) is 2.87. The molecule has 1 aromatic carbocycles. The van der Waals surface area contributed by atoms with Crippen LogP contribution in [0.3, 0.4) is 0 Å². The fourth-order valence-electron chi connectivity index (χ4n) is 4.29. The number of carbonyl (C=O) groups excluding carboxylic acids is 2. The van der Waals surface area contributed by atoms with Crippen LogP contribution in [0.15, 0.2) is 36.9 Å². The molecule has 30 heavy (non-hydrogen) atoms. The summed E-state index contributed by atoms with van der Waals surface area (Å²) in [5.74, 6) is 1.32. The summed E-state index contributed by atoms with van der Waals surface area (Å²) in [6.45, 7) is 6.34. The Balaban J connectivity index is 1.38. The molecule has 0 fully saturated rings. The fourth-order valence-corrected chi connectivity index (χ4v) is 4.29. The van der Waals surface area contributed by atoms with E-state index in [1.165, 1.54) is 0 Å². The van der Waals surface area contributed by atoms with Gasteiger partial charge in [-0.15, -0.1) is 20.4 Å². The first-order valence-electron chi connectivity index (χ1n) is 10.0. The number of aromatic nitrogens is 6. The minimum absolute atomic E-state index is 0.113. The number of hydrogen-bond donors (Lipinski definition) is 0. The lowest BCUT2D eigenvalue weighted by Gasteiger charge is -2.34. The van der Waals surface area contributed by atoms with E-state index in [2.05, 4.69) is 20.4 Å². The van der Waals surface area contributed by atoms with E-state index in [9.17, 15) is 9.59 Å². The minimum Gasteiger partial charge on any atom is -0.327 e. The normalized spacial score (nSPS) is 20.6. The third-order valence-corrected chi connectivity index (χ3v) is 6.02. The monoisotopic (exact) mass is 406 g/mol. The van der Waals surface area contributed by atoms with Crippen LogP contribution in [0, 0.1) is 0 Å². The highest BCUT2D eigenvalue weighted by molar-refractivity contribution is 6.00. The zero-order valence-electron chi connectivity index (χ0n) is 16.8. The molecule has 0 saturated carbocycles. The molecule has 10 nitrogen and oxygen atoms in total. The lowest BCUT2D eigenvalue weighted by atomic mass is 10.1. The van der Waals surface area contributed by atoms with Crippen LogP contribution >= 0.6 is 0 Å². The Morgan fingerprint density at radius 3 is 1.73 bits per heavy atom. The van der Waals surface area contributed by atoms with Gasteiger partial charge in [-0.05, 0) is 32.0 Å². The molecule has 0 aliphatic carbocycles. The van der Waals surface area contributed by atoms with Crippen LogP contribution in [-0.2, 0) is 13.1 Å². The van der Waals surface area contributed by atoms with E-state index >= 15 is 0 Å². The first kappa shape index (κ1) is 18.5. The first-order valence-corrected chi connectivity index (χ1v) is 10.0. The third-order valence-electron chi connectivity index (χ3n) is 6.02. The van der Waals surface area contributed by atoms with Crippen LogP contribution in [0.4, 0.5) is 0 Å². The second-order valence-electron chi connectivity index (χ2n) is 7.69. The fraction of sp³-hybridized carbons (Fsp3) is 0.400. The number of carbonyl (C=O) groups is 2. The van der Waals surface area contributed by atoms with Gasteiger partial charge in [0.05, 0.1) is 12.1 Å². The van der Waals surface area contributed by atoms with E-state index < -0.39 is 0 Å². The standard InChI is InChI=1S/C20H22N8O2/c1-13-17-23-21-11-25(17)6-8-27(13)19(29)15-4-3-5-16(10-15)20(30)28-9-7-26-12-22-24-18(26)14(28)2/h3-5,10-14H,6-9H2,1-2H3. The maximum atomic E-state index is 13.2. The molecule has 0 saturated heterocycles. The molecule has 2 unspecified atom stereocenters. The van der Waals surface area contributed by atoms with E-state index in [0.717, 1.165) is 11.6 Å². The van der Waals surface area contributed by atoms with Gasteiger partial charge >= 0.3 is 0 Å². The first-order chi connectivity index (χ1) is 14.5. The number of rotatable bonds is 2. The summed E-state index contributed by atoms with van der Waals surface area (Å²) >= 11 is 0. The second-order valence-corrected chi connectivity index (χ2v) is 7.69. The molecule has 2 amide bonds. The summed E-state index contributed by atoms with van der Waals surface area (Å²) in [4.78, 5) is 30.0. The average molecular weight is 406 g/mol. The van der Waals surface area contributed by atoms with Gasteiger partial charge in [-0.2, -0.15) is 0 Å². The number of fused-ring (bicyclic) bond motifs is 2. The summed E-state index contributed by atoms with van der Waals surface area (Å²) in [5.41, 5.74) is 0.988. The minimum atomic E-state index is -0.179. The van der Waals surface area contributed by atoms with Crippen LogP contribution in [-0.4, -0.2) is 64.2 Å². The molecular formula is C20H22N8O2. The van der Waals surface area contributed by atoms with E-state index in [1.54, 1.807) is 46.7 Å². The van der Waals surface area contributed by atoms with E-state index in [1.807, 2.05) is 23.0 Å². The highest BCUT2D eigenvalue weighted by atomic mass is 16.2. The van der Waals surface area contributed by atoms with Crippen molar-refractivity contribution in [1.29, 1.82) is 0 Å².